The van der Waals surface area contributed by atoms with E-state index < -0.39 is 0 Å². The summed E-state index contributed by atoms with van der Waals surface area (Å²) in [6.07, 6.45) is 5.59. The van der Waals surface area contributed by atoms with Crippen LogP contribution in [0.25, 0.3) is 0 Å². The highest BCUT2D eigenvalue weighted by Crippen LogP contribution is 2.48. The van der Waals surface area contributed by atoms with Gasteiger partial charge in [-0.15, -0.1) is 0 Å². The molecule has 2 saturated carbocycles. The third-order valence-electron chi connectivity index (χ3n) is 4.28. The van der Waals surface area contributed by atoms with E-state index in [1.165, 1.54) is 12.8 Å². The molecule has 1 aromatic heterocycles. The number of carbonyl (C=O) groups excluding carboxylic acids is 1. The second-order valence-corrected chi connectivity index (χ2v) is 5.16. The summed E-state index contributed by atoms with van der Waals surface area (Å²) in [7, 11) is 0. The van der Waals surface area contributed by atoms with Gasteiger partial charge in [0, 0.05) is 12.0 Å². The third kappa shape index (κ3) is 1.50. The smallest absolute Gasteiger partial charge is 0.145 e. The summed E-state index contributed by atoms with van der Waals surface area (Å²) < 4.78 is 5.22. The number of carbonyl (C=O) groups is 1. The third-order valence-corrected chi connectivity index (χ3v) is 4.28. The Morgan fingerprint density at radius 3 is 2.88 bits per heavy atom. The summed E-state index contributed by atoms with van der Waals surface area (Å²) in [6, 6.07) is 3.78. The fourth-order valence-electron chi connectivity index (χ4n) is 3.52. The molecule has 3 nitrogen and oxygen atoms in total. The maximum absolute atomic E-state index is 12.2. The zero-order valence-electron chi connectivity index (χ0n) is 9.26. The van der Waals surface area contributed by atoms with Crippen LogP contribution in [0.5, 0.6) is 0 Å². The summed E-state index contributed by atoms with van der Waals surface area (Å²) in [5.41, 5.74) is 6.14. The fourth-order valence-corrected chi connectivity index (χ4v) is 3.52. The van der Waals surface area contributed by atoms with Gasteiger partial charge in [0.25, 0.3) is 0 Å². The minimum absolute atomic E-state index is 0.0869. The second kappa shape index (κ2) is 3.74. The standard InChI is InChI=1S/C13H17NO2/c14-13-9-4-3-8(6-9)12(13)11(15)7-10-2-1-5-16-10/h1-2,5,8-9,12-13H,3-4,6-7,14H2. The Labute approximate surface area is 95.0 Å². The maximum atomic E-state index is 12.2. The van der Waals surface area contributed by atoms with E-state index >= 15 is 0 Å². The summed E-state index contributed by atoms with van der Waals surface area (Å²) in [4.78, 5) is 12.2. The van der Waals surface area contributed by atoms with Crippen LogP contribution in [0, 0.1) is 17.8 Å². The van der Waals surface area contributed by atoms with Crippen LogP contribution in [0.2, 0.25) is 0 Å². The molecule has 0 amide bonds. The molecule has 0 aromatic carbocycles. The quantitative estimate of drug-likeness (QED) is 0.842. The van der Waals surface area contributed by atoms with Crippen LogP contribution in [-0.2, 0) is 11.2 Å². The lowest BCUT2D eigenvalue weighted by Crippen LogP contribution is -2.40. The largest absolute Gasteiger partial charge is 0.469 e. The van der Waals surface area contributed by atoms with Gasteiger partial charge in [0.15, 0.2) is 0 Å². The lowest BCUT2D eigenvalue weighted by molar-refractivity contribution is -0.124. The van der Waals surface area contributed by atoms with Crippen molar-refractivity contribution >= 4 is 5.78 Å². The summed E-state index contributed by atoms with van der Waals surface area (Å²) in [5, 5.41) is 0. The van der Waals surface area contributed by atoms with Crippen molar-refractivity contribution in [3.8, 4) is 0 Å². The summed E-state index contributed by atoms with van der Waals surface area (Å²) >= 11 is 0. The van der Waals surface area contributed by atoms with Gasteiger partial charge in [-0.05, 0) is 43.2 Å². The van der Waals surface area contributed by atoms with Crippen molar-refractivity contribution in [2.45, 2.75) is 31.7 Å². The molecule has 3 heteroatoms. The number of rotatable bonds is 3. The molecule has 0 spiro atoms. The Morgan fingerprint density at radius 1 is 1.44 bits per heavy atom. The number of ketones is 1. The van der Waals surface area contributed by atoms with Crippen LogP contribution in [0.1, 0.15) is 25.0 Å². The fraction of sp³-hybridized carbons (Fsp3) is 0.615. The predicted octanol–water partition coefficient (Wildman–Crippen LogP) is 1.76. The van der Waals surface area contributed by atoms with Crippen LogP contribution >= 0.6 is 0 Å². The van der Waals surface area contributed by atoms with Gasteiger partial charge in [0.2, 0.25) is 0 Å². The van der Waals surface area contributed by atoms with Crippen molar-refractivity contribution in [1.82, 2.24) is 0 Å². The monoisotopic (exact) mass is 219 g/mol. The maximum Gasteiger partial charge on any atom is 0.145 e. The van der Waals surface area contributed by atoms with Crippen molar-refractivity contribution in [3.05, 3.63) is 24.2 Å². The van der Waals surface area contributed by atoms with Gasteiger partial charge >= 0.3 is 0 Å². The van der Waals surface area contributed by atoms with Gasteiger partial charge < -0.3 is 10.2 Å². The van der Waals surface area contributed by atoms with Crippen LogP contribution in [0.4, 0.5) is 0 Å². The molecule has 3 rings (SSSR count). The second-order valence-electron chi connectivity index (χ2n) is 5.16. The van der Waals surface area contributed by atoms with Crippen molar-refractivity contribution < 1.29 is 9.21 Å². The molecule has 2 aliphatic carbocycles. The van der Waals surface area contributed by atoms with Gasteiger partial charge in [0.05, 0.1) is 12.7 Å². The average Bonchev–Trinajstić information content (AvgIpc) is 2.92. The molecule has 86 valence electrons. The first kappa shape index (κ1) is 10.1. The molecule has 16 heavy (non-hydrogen) atoms. The van der Waals surface area contributed by atoms with E-state index in [-0.39, 0.29) is 17.7 Å². The van der Waals surface area contributed by atoms with Crippen LogP contribution in [0.3, 0.4) is 0 Å². The number of fused-ring (bicyclic) bond motifs is 2. The minimum Gasteiger partial charge on any atom is -0.469 e. The van der Waals surface area contributed by atoms with E-state index in [4.69, 9.17) is 10.2 Å². The van der Waals surface area contributed by atoms with Gasteiger partial charge in [-0.1, -0.05) is 0 Å². The van der Waals surface area contributed by atoms with Gasteiger partial charge in [-0.3, -0.25) is 4.79 Å². The molecule has 0 saturated heterocycles. The normalized spacial score (nSPS) is 36.8. The van der Waals surface area contributed by atoms with E-state index in [0.29, 0.717) is 18.3 Å². The van der Waals surface area contributed by atoms with Crippen molar-refractivity contribution in [3.63, 3.8) is 0 Å². The number of furan rings is 1. The highest BCUT2D eigenvalue weighted by atomic mass is 16.3. The number of hydrogen-bond acceptors (Lipinski definition) is 3. The molecular weight excluding hydrogens is 202 g/mol. The van der Waals surface area contributed by atoms with Crippen LogP contribution in [0.15, 0.2) is 22.8 Å². The first-order chi connectivity index (χ1) is 7.75. The first-order valence-electron chi connectivity index (χ1n) is 6.06. The zero-order valence-corrected chi connectivity index (χ0v) is 9.26. The molecular formula is C13H17NO2. The number of hydrogen-bond donors (Lipinski definition) is 1. The van der Waals surface area contributed by atoms with Gasteiger partial charge in [0.1, 0.15) is 11.5 Å². The van der Waals surface area contributed by atoms with Crippen molar-refractivity contribution in [2.75, 3.05) is 0 Å². The molecule has 2 fully saturated rings. The zero-order chi connectivity index (χ0) is 11.1. The lowest BCUT2D eigenvalue weighted by Gasteiger charge is -2.26. The average molecular weight is 219 g/mol. The van der Waals surface area contributed by atoms with E-state index in [1.807, 2.05) is 12.1 Å². The van der Waals surface area contributed by atoms with E-state index in [9.17, 15) is 4.79 Å². The Morgan fingerprint density at radius 2 is 2.25 bits per heavy atom. The van der Waals surface area contributed by atoms with Gasteiger partial charge in [-0.2, -0.15) is 0 Å². The SMILES string of the molecule is NC1C2CCC(C2)C1C(=O)Cc1ccco1. The molecule has 1 aromatic rings. The van der Waals surface area contributed by atoms with E-state index in [1.54, 1.807) is 6.26 Å². The molecule has 2 N–H and O–H groups in total. The van der Waals surface area contributed by atoms with Gasteiger partial charge in [-0.25, -0.2) is 0 Å². The Bertz CT molecular complexity index is 383. The Kier molecular flexibility index (Phi) is 2.36. The molecule has 2 bridgehead atoms. The molecule has 0 radical (unpaired) electrons. The lowest BCUT2D eigenvalue weighted by atomic mass is 9.81. The first-order valence-corrected chi connectivity index (χ1v) is 6.06. The highest BCUT2D eigenvalue weighted by Gasteiger charge is 2.48. The summed E-state index contributed by atoms with van der Waals surface area (Å²) in [6.45, 7) is 0. The van der Waals surface area contributed by atoms with E-state index in [2.05, 4.69) is 0 Å². The minimum atomic E-state index is 0.0869. The molecule has 4 unspecified atom stereocenters. The van der Waals surface area contributed by atoms with Crippen molar-refractivity contribution in [1.29, 1.82) is 0 Å². The van der Waals surface area contributed by atoms with Crippen LogP contribution < -0.4 is 5.73 Å². The number of Topliss-reactive ketones (excluding diaryl/α,β-unsaturated/α-hetero) is 1. The molecule has 1 heterocycles. The van der Waals surface area contributed by atoms with Crippen molar-refractivity contribution in [2.24, 2.45) is 23.5 Å². The van der Waals surface area contributed by atoms with Crippen LogP contribution in [-0.4, -0.2) is 11.8 Å². The molecule has 2 aliphatic rings. The Balaban J connectivity index is 1.71. The molecule has 0 aliphatic heterocycles. The van der Waals surface area contributed by atoms with E-state index in [0.717, 1.165) is 12.2 Å². The predicted molar refractivity (Wildman–Crippen MR) is 59.7 cm³/mol. The highest BCUT2D eigenvalue weighted by molar-refractivity contribution is 5.84. The Hall–Kier alpha value is -1.09. The topological polar surface area (TPSA) is 56.2 Å². The molecule has 4 atom stereocenters. The number of nitrogens with two attached hydrogens (primary N) is 1. The summed E-state index contributed by atoms with van der Waals surface area (Å²) in [5.74, 6) is 2.26.